The highest BCUT2D eigenvalue weighted by Crippen LogP contribution is 2.36. The summed E-state index contributed by atoms with van der Waals surface area (Å²) in [6, 6.07) is 4.07. The normalized spacial score (nSPS) is 23.5. The van der Waals surface area contributed by atoms with Crippen molar-refractivity contribution >= 4 is 17.3 Å². The Hall–Kier alpha value is -1.80. The molecule has 0 aliphatic carbocycles. The zero-order valence-corrected chi connectivity index (χ0v) is 18.1. The summed E-state index contributed by atoms with van der Waals surface area (Å²) in [5, 5.41) is 2.83. The van der Waals surface area contributed by atoms with Crippen LogP contribution in [0.2, 0.25) is 0 Å². The molecule has 5 nitrogen and oxygen atoms in total. The minimum atomic E-state index is -4.43. The van der Waals surface area contributed by atoms with Crippen molar-refractivity contribution in [3.05, 3.63) is 23.8 Å². The summed E-state index contributed by atoms with van der Waals surface area (Å²) in [5.41, 5.74) is 0.241. The van der Waals surface area contributed by atoms with E-state index in [0.29, 0.717) is 11.7 Å². The molecule has 1 aromatic rings. The van der Waals surface area contributed by atoms with E-state index < -0.39 is 11.7 Å². The third kappa shape index (κ3) is 5.71. The molecule has 0 bridgehead atoms. The molecule has 0 spiro atoms. The molecule has 4 rings (SSSR count). The van der Waals surface area contributed by atoms with Crippen molar-refractivity contribution < 1.29 is 18.0 Å². The van der Waals surface area contributed by atoms with Crippen LogP contribution >= 0.6 is 0 Å². The number of halogens is 3. The molecule has 31 heavy (non-hydrogen) atoms. The first-order chi connectivity index (χ1) is 14.9. The first-order valence-electron chi connectivity index (χ1n) is 11.6. The van der Waals surface area contributed by atoms with Crippen molar-refractivity contribution in [3.8, 4) is 0 Å². The molecule has 3 heterocycles. The van der Waals surface area contributed by atoms with E-state index in [4.69, 9.17) is 0 Å². The molecule has 3 aliphatic heterocycles. The number of hydrogen-bond donors (Lipinski definition) is 1. The van der Waals surface area contributed by atoms with E-state index in [9.17, 15) is 18.0 Å². The summed E-state index contributed by atoms with van der Waals surface area (Å²) in [6.07, 6.45) is 3.34. The summed E-state index contributed by atoms with van der Waals surface area (Å²) in [6.45, 7) is 5.94. The van der Waals surface area contributed by atoms with Crippen LogP contribution in [0.5, 0.6) is 0 Å². The largest absolute Gasteiger partial charge is 0.416 e. The maximum atomic E-state index is 13.3. The molecular formula is C23H33F3N4O. The molecular weight excluding hydrogens is 405 g/mol. The Morgan fingerprint density at radius 1 is 0.968 bits per heavy atom. The summed E-state index contributed by atoms with van der Waals surface area (Å²) in [7, 11) is 0. The van der Waals surface area contributed by atoms with Crippen LogP contribution < -0.4 is 10.2 Å². The van der Waals surface area contributed by atoms with Gasteiger partial charge < -0.3 is 15.1 Å². The van der Waals surface area contributed by atoms with Gasteiger partial charge in [0.05, 0.1) is 23.5 Å². The van der Waals surface area contributed by atoms with Gasteiger partial charge in [0.2, 0.25) is 5.91 Å². The van der Waals surface area contributed by atoms with Gasteiger partial charge in [-0.3, -0.25) is 9.69 Å². The van der Waals surface area contributed by atoms with E-state index >= 15 is 0 Å². The number of carbonyl (C=O) groups excluding carboxylic acids is 1. The van der Waals surface area contributed by atoms with Crippen molar-refractivity contribution in [2.24, 2.45) is 0 Å². The van der Waals surface area contributed by atoms with Crippen LogP contribution in [0.25, 0.3) is 0 Å². The number of nitrogens with one attached hydrogen (secondary N) is 1. The molecule has 172 valence electrons. The van der Waals surface area contributed by atoms with Gasteiger partial charge >= 0.3 is 6.18 Å². The molecule has 0 radical (unpaired) electrons. The molecule has 1 atom stereocenters. The molecule has 3 fully saturated rings. The fraction of sp³-hybridized carbons (Fsp3) is 0.696. The minimum absolute atomic E-state index is 0.230. The number of hydrogen-bond acceptors (Lipinski definition) is 4. The van der Waals surface area contributed by atoms with Gasteiger partial charge in [-0.15, -0.1) is 0 Å². The van der Waals surface area contributed by atoms with Gasteiger partial charge in [0, 0.05) is 25.7 Å². The first-order valence-corrected chi connectivity index (χ1v) is 11.6. The predicted molar refractivity (Wildman–Crippen MR) is 116 cm³/mol. The van der Waals surface area contributed by atoms with Gasteiger partial charge in [0.1, 0.15) is 0 Å². The lowest BCUT2D eigenvalue weighted by Crippen LogP contribution is -2.43. The molecule has 0 saturated carbocycles. The van der Waals surface area contributed by atoms with Gasteiger partial charge in [0.15, 0.2) is 0 Å². The summed E-state index contributed by atoms with van der Waals surface area (Å²) >= 11 is 0. The second-order valence-electron chi connectivity index (χ2n) is 9.10. The Labute approximate surface area is 182 Å². The van der Waals surface area contributed by atoms with Crippen molar-refractivity contribution in [1.29, 1.82) is 0 Å². The topological polar surface area (TPSA) is 38.8 Å². The molecule has 3 saturated heterocycles. The second-order valence-corrected chi connectivity index (χ2v) is 9.10. The Morgan fingerprint density at radius 3 is 2.39 bits per heavy atom. The maximum Gasteiger partial charge on any atom is 0.416 e. The summed E-state index contributed by atoms with van der Waals surface area (Å²) < 4.78 is 39.9. The number of amides is 1. The molecule has 3 aliphatic rings. The van der Waals surface area contributed by atoms with E-state index in [1.165, 1.54) is 18.9 Å². The zero-order valence-electron chi connectivity index (χ0n) is 18.1. The van der Waals surface area contributed by atoms with Crippen molar-refractivity contribution in [2.45, 2.75) is 57.2 Å². The third-order valence-electron chi connectivity index (χ3n) is 6.81. The molecule has 1 N–H and O–H groups in total. The second kappa shape index (κ2) is 9.77. The maximum absolute atomic E-state index is 13.3. The van der Waals surface area contributed by atoms with Crippen LogP contribution in [-0.4, -0.2) is 67.6 Å². The number of carbonyl (C=O) groups is 1. The van der Waals surface area contributed by atoms with Crippen molar-refractivity contribution in [3.63, 3.8) is 0 Å². The lowest BCUT2D eigenvalue weighted by Gasteiger charge is -2.31. The zero-order chi connectivity index (χ0) is 21.8. The standard InChI is InChI=1S/C23H33F3N4O/c24-23(25,26)18-8-9-21(29-12-2-1-3-13-29)20(15-18)27-22(31)17-30-14-6-7-19(30)16-28-10-4-5-11-28/h8-9,15,19H,1-7,10-14,16-17H2,(H,27,31). The van der Waals surface area contributed by atoms with Gasteiger partial charge in [0.25, 0.3) is 0 Å². The highest BCUT2D eigenvalue weighted by Gasteiger charge is 2.33. The predicted octanol–water partition coefficient (Wildman–Crippen LogP) is 4.19. The number of piperidine rings is 1. The van der Waals surface area contributed by atoms with Crippen molar-refractivity contribution in [1.82, 2.24) is 9.80 Å². The first kappa shape index (κ1) is 22.4. The van der Waals surface area contributed by atoms with Crippen LogP contribution in [0.4, 0.5) is 24.5 Å². The molecule has 1 unspecified atom stereocenters. The van der Waals surface area contributed by atoms with Crippen LogP contribution in [0, 0.1) is 0 Å². The van der Waals surface area contributed by atoms with E-state index in [-0.39, 0.29) is 18.1 Å². The fourth-order valence-electron chi connectivity index (χ4n) is 5.17. The Bertz CT molecular complexity index is 758. The highest BCUT2D eigenvalue weighted by molar-refractivity contribution is 5.96. The lowest BCUT2D eigenvalue weighted by molar-refractivity contribution is -0.137. The minimum Gasteiger partial charge on any atom is -0.370 e. The Kier molecular flexibility index (Phi) is 7.06. The molecule has 1 amide bonds. The number of nitrogens with zero attached hydrogens (tertiary/aromatic N) is 3. The van der Waals surface area contributed by atoms with Crippen LogP contribution in [0.1, 0.15) is 50.5 Å². The van der Waals surface area contributed by atoms with Crippen LogP contribution in [-0.2, 0) is 11.0 Å². The van der Waals surface area contributed by atoms with Gasteiger partial charge in [-0.25, -0.2) is 0 Å². The van der Waals surface area contributed by atoms with E-state index in [1.807, 2.05) is 0 Å². The van der Waals surface area contributed by atoms with Crippen LogP contribution in [0.3, 0.4) is 0 Å². The van der Waals surface area contributed by atoms with E-state index in [1.54, 1.807) is 0 Å². The van der Waals surface area contributed by atoms with E-state index in [0.717, 1.165) is 83.5 Å². The molecule has 0 aromatic heterocycles. The molecule has 1 aromatic carbocycles. The van der Waals surface area contributed by atoms with E-state index in [2.05, 4.69) is 20.0 Å². The highest BCUT2D eigenvalue weighted by atomic mass is 19.4. The number of anilines is 2. The summed E-state index contributed by atoms with van der Waals surface area (Å²) in [5.74, 6) is -0.231. The molecule has 8 heteroatoms. The van der Waals surface area contributed by atoms with Crippen molar-refractivity contribution in [2.75, 3.05) is 56.0 Å². The number of benzene rings is 1. The van der Waals surface area contributed by atoms with Gasteiger partial charge in [-0.2, -0.15) is 13.2 Å². The third-order valence-corrected chi connectivity index (χ3v) is 6.81. The van der Waals surface area contributed by atoms with Gasteiger partial charge in [-0.05, 0) is 82.8 Å². The van der Waals surface area contributed by atoms with Gasteiger partial charge in [-0.1, -0.05) is 0 Å². The Balaban J connectivity index is 1.45. The number of alkyl halides is 3. The number of rotatable bonds is 6. The Morgan fingerprint density at radius 2 is 1.68 bits per heavy atom. The average molecular weight is 439 g/mol. The quantitative estimate of drug-likeness (QED) is 0.723. The summed E-state index contributed by atoms with van der Waals surface area (Å²) in [4.78, 5) is 19.6. The average Bonchev–Trinajstić information content (AvgIpc) is 3.41. The fourth-order valence-corrected chi connectivity index (χ4v) is 5.17. The lowest BCUT2D eigenvalue weighted by atomic mass is 10.1. The van der Waals surface area contributed by atoms with Crippen LogP contribution in [0.15, 0.2) is 18.2 Å². The number of likely N-dealkylation sites (tertiary alicyclic amines) is 2. The monoisotopic (exact) mass is 438 g/mol. The SMILES string of the molecule is O=C(CN1CCCC1CN1CCCC1)Nc1cc(C(F)(F)F)ccc1N1CCCCC1. The smallest absolute Gasteiger partial charge is 0.370 e.